The Kier molecular flexibility index (Phi) is 4.90. The van der Waals surface area contributed by atoms with Crippen molar-refractivity contribution in [2.75, 3.05) is 31.6 Å². The van der Waals surface area contributed by atoms with Crippen LogP contribution in [0.2, 0.25) is 0 Å². The number of hydrogen-bond acceptors (Lipinski definition) is 5. The van der Waals surface area contributed by atoms with Crippen LogP contribution in [0.3, 0.4) is 0 Å². The molecule has 174 valence electrons. The molecule has 34 heavy (non-hydrogen) atoms. The SMILES string of the molecule is COc1ccc(-n2nnc3c2C(=O)N(c2ccc(C4(CN5CCCC5=O)CC4)cc2)CC3)cc1. The van der Waals surface area contributed by atoms with E-state index in [2.05, 4.69) is 22.4 Å². The predicted molar refractivity (Wildman–Crippen MR) is 126 cm³/mol. The number of rotatable bonds is 6. The largest absolute Gasteiger partial charge is 0.497 e. The minimum absolute atomic E-state index is 0.0779. The normalized spacial score (nSPS) is 18.9. The van der Waals surface area contributed by atoms with Gasteiger partial charge in [-0.1, -0.05) is 17.3 Å². The van der Waals surface area contributed by atoms with Gasteiger partial charge < -0.3 is 14.5 Å². The summed E-state index contributed by atoms with van der Waals surface area (Å²) < 4.78 is 6.85. The highest BCUT2D eigenvalue weighted by molar-refractivity contribution is 6.07. The van der Waals surface area contributed by atoms with Crippen molar-refractivity contribution in [2.24, 2.45) is 0 Å². The number of amides is 2. The topological polar surface area (TPSA) is 80.6 Å². The summed E-state index contributed by atoms with van der Waals surface area (Å²) >= 11 is 0. The molecule has 0 unspecified atom stereocenters. The van der Waals surface area contributed by atoms with Gasteiger partial charge in [0, 0.05) is 43.6 Å². The molecule has 0 spiro atoms. The van der Waals surface area contributed by atoms with Crippen molar-refractivity contribution in [1.29, 1.82) is 0 Å². The molecule has 1 saturated carbocycles. The number of likely N-dealkylation sites (tertiary alicyclic amines) is 1. The third-order valence-corrected chi connectivity index (χ3v) is 7.39. The van der Waals surface area contributed by atoms with Crippen molar-refractivity contribution in [3.05, 3.63) is 65.5 Å². The van der Waals surface area contributed by atoms with E-state index in [-0.39, 0.29) is 17.2 Å². The van der Waals surface area contributed by atoms with E-state index in [4.69, 9.17) is 4.74 Å². The minimum Gasteiger partial charge on any atom is -0.497 e. The molecule has 0 radical (unpaired) electrons. The van der Waals surface area contributed by atoms with E-state index in [1.54, 1.807) is 16.7 Å². The average molecular weight is 458 g/mol. The summed E-state index contributed by atoms with van der Waals surface area (Å²) in [6, 6.07) is 15.8. The summed E-state index contributed by atoms with van der Waals surface area (Å²) in [6.07, 6.45) is 4.51. The van der Waals surface area contributed by atoms with Crippen molar-refractivity contribution in [1.82, 2.24) is 19.9 Å². The highest BCUT2D eigenvalue weighted by Gasteiger charge is 2.46. The Morgan fingerprint density at radius 2 is 1.68 bits per heavy atom. The fourth-order valence-corrected chi connectivity index (χ4v) is 5.21. The quantitative estimate of drug-likeness (QED) is 0.568. The molecular formula is C26H27N5O3. The van der Waals surface area contributed by atoms with Gasteiger partial charge >= 0.3 is 0 Å². The lowest BCUT2D eigenvalue weighted by molar-refractivity contribution is -0.128. The summed E-state index contributed by atoms with van der Waals surface area (Å²) in [6.45, 7) is 2.25. The van der Waals surface area contributed by atoms with Gasteiger partial charge in [-0.15, -0.1) is 5.10 Å². The Hall–Kier alpha value is -3.68. The van der Waals surface area contributed by atoms with Crippen LogP contribution in [-0.4, -0.2) is 58.5 Å². The van der Waals surface area contributed by atoms with Gasteiger partial charge in [-0.05, 0) is 61.2 Å². The third kappa shape index (κ3) is 3.45. The van der Waals surface area contributed by atoms with Gasteiger partial charge in [0.2, 0.25) is 5.91 Å². The Morgan fingerprint density at radius 3 is 2.32 bits per heavy atom. The second-order valence-corrected chi connectivity index (χ2v) is 9.45. The average Bonchev–Trinajstić information content (AvgIpc) is 3.34. The molecule has 3 heterocycles. The van der Waals surface area contributed by atoms with Gasteiger partial charge in [0.05, 0.1) is 18.5 Å². The van der Waals surface area contributed by atoms with E-state index in [0.717, 1.165) is 55.2 Å². The molecule has 0 atom stereocenters. The summed E-state index contributed by atoms with van der Waals surface area (Å²) in [4.78, 5) is 29.4. The van der Waals surface area contributed by atoms with Crippen molar-refractivity contribution < 1.29 is 14.3 Å². The number of hydrogen-bond donors (Lipinski definition) is 0. The van der Waals surface area contributed by atoms with E-state index in [1.165, 1.54) is 5.56 Å². The van der Waals surface area contributed by atoms with Crippen molar-refractivity contribution in [3.63, 3.8) is 0 Å². The van der Waals surface area contributed by atoms with Crippen LogP contribution in [0.4, 0.5) is 5.69 Å². The number of ether oxygens (including phenoxy) is 1. The zero-order valence-electron chi connectivity index (χ0n) is 19.2. The fourth-order valence-electron chi connectivity index (χ4n) is 5.21. The second-order valence-electron chi connectivity index (χ2n) is 9.45. The second kappa shape index (κ2) is 7.97. The van der Waals surface area contributed by atoms with Gasteiger partial charge in [-0.2, -0.15) is 0 Å². The Labute approximate surface area is 198 Å². The van der Waals surface area contributed by atoms with Gasteiger partial charge in [0.1, 0.15) is 5.75 Å². The first-order valence-corrected chi connectivity index (χ1v) is 11.9. The number of methoxy groups -OCH3 is 1. The highest BCUT2D eigenvalue weighted by atomic mass is 16.5. The van der Waals surface area contributed by atoms with Gasteiger partial charge in [0.15, 0.2) is 5.69 Å². The zero-order chi connectivity index (χ0) is 23.3. The summed E-state index contributed by atoms with van der Waals surface area (Å²) in [7, 11) is 1.62. The first-order valence-electron chi connectivity index (χ1n) is 11.9. The first-order chi connectivity index (χ1) is 16.6. The molecule has 1 aromatic heterocycles. The minimum atomic E-state index is -0.0985. The lowest BCUT2D eigenvalue weighted by Crippen LogP contribution is -2.39. The summed E-state index contributed by atoms with van der Waals surface area (Å²) in [5.41, 5.74) is 4.20. The molecule has 2 aliphatic heterocycles. The lowest BCUT2D eigenvalue weighted by Gasteiger charge is -2.28. The van der Waals surface area contributed by atoms with Gasteiger partial charge in [-0.3, -0.25) is 9.59 Å². The summed E-state index contributed by atoms with van der Waals surface area (Å²) in [5, 5.41) is 8.52. The van der Waals surface area contributed by atoms with E-state index in [0.29, 0.717) is 25.1 Å². The molecule has 0 bridgehead atoms. The number of carbonyl (C=O) groups is 2. The highest BCUT2D eigenvalue weighted by Crippen LogP contribution is 2.49. The molecular weight excluding hydrogens is 430 g/mol. The fraction of sp³-hybridized carbons (Fsp3) is 0.385. The third-order valence-electron chi connectivity index (χ3n) is 7.39. The lowest BCUT2D eigenvalue weighted by atomic mass is 9.94. The van der Waals surface area contributed by atoms with Crippen LogP contribution in [0.1, 0.15) is 47.4 Å². The monoisotopic (exact) mass is 457 g/mol. The molecule has 3 aromatic rings. The van der Waals surface area contributed by atoms with Crippen LogP contribution in [0, 0.1) is 0 Å². The number of carbonyl (C=O) groups excluding carboxylic acids is 2. The number of anilines is 1. The van der Waals surface area contributed by atoms with Crippen LogP contribution in [0.25, 0.3) is 5.69 Å². The van der Waals surface area contributed by atoms with E-state index < -0.39 is 0 Å². The smallest absolute Gasteiger partial charge is 0.278 e. The Balaban J connectivity index is 1.24. The Bertz CT molecular complexity index is 1240. The first kappa shape index (κ1) is 20.9. The zero-order valence-corrected chi connectivity index (χ0v) is 19.2. The molecule has 1 saturated heterocycles. The van der Waals surface area contributed by atoms with Crippen LogP contribution in [0.5, 0.6) is 5.75 Å². The maximum Gasteiger partial charge on any atom is 0.278 e. The van der Waals surface area contributed by atoms with Gasteiger partial charge in [-0.25, -0.2) is 4.68 Å². The number of nitrogens with zero attached hydrogens (tertiary/aromatic N) is 5. The number of fused-ring (bicyclic) bond motifs is 1. The van der Waals surface area contributed by atoms with Crippen LogP contribution >= 0.6 is 0 Å². The molecule has 6 rings (SSSR count). The molecule has 2 amide bonds. The van der Waals surface area contributed by atoms with Crippen molar-refractivity contribution in [2.45, 2.75) is 37.5 Å². The Morgan fingerprint density at radius 1 is 0.941 bits per heavy atom. The molecule has 2 fully saturated rings. The standard InChI is InChI=1S/C26H27N5O3/c1-34-21-10-8-20(9-11-21)31-24-22(27-28-31)12-16-30(25(24)33)19-6-4-18(5-7-19)26(13-14-26)17-29-15-2-3-23(29)32/h4-11H,2-3,12-17H2,1H3. The van der Waals surface area contributed by atoms with Gasteiger partial charge in [0.25, 0.3) is 5.91 Å². The number of aromatic nitrogens is 3. The van der Waals surface area contributed by atoms with E-state index in [1.807, 2.05) is 41.3 Å². The van der Waals surface area contributed by atoms with Crippen LogP contribution < -0.4 is 9.64 Å². The molecule has 1 aliphatic carbocycles. The van der Waals surface area contributed by atoms with E-state index >= 15 is 0 Å². The van der Waals surface area contributed by atoms with Crippen LogP contribution in [-0.2, 0) is 16.6 Å². The van der Waals surface area contributed by atoms with E-state index in [9.17, 15) is 9.59 Å². The molecule has 2 aromatic carbocycles. The van der Waals surface area contributed by atoms with Crippen molar-refractivity contribution in [3.8, 4) is 11.4 Å². The maximum absolute atomic E-state index is 13.5. The molecule has 3 aliphatic rings. The van der Waals surface area contributed by atoms with Crippen molar-refractivity contribution >= 4 is 17.5 Å². The summed E-state index contributed by atoms with van der Waals surface area (Å²) in [5.74, 6) is 0.923. The number of benzene rings is 2. The predicted octanol–water partition coefficient (Wildman–Crippen LogP) is 3.13. The molecule has 0 N–H and O–H groups in total. The molecule has 8 heteroatoms. The maximum atomic E-state index is 13.5. The van der Waals surface area contributed by atoms with Crippen LogP contribution in [0.15, 0.2) is 48.5 Å². The molecule has 8 nitrogen and oxygen atoms in total.